The highest BCUT2D eigenvalue weighted by Crippen LogP contribution is 2.20. The van der Waals surface area contributed by atoms with Gasteiger partial charge in [-0.05, 0) is 47.2 Å². The van der Waals surface area contributed by atoms with E-state index in [9.17, 15) is 9.59 Å². The van der Waals surface area contributed by atoms with Gasteiger partial charge in [-0.15, -0.1) is 0 Å². The van der Waals surface area contributed by atoms with Gasteiger partial charge >= 0.3 is 0 Å². The first-order chi connectivity index (χ1) is 14.7. The smallest absolute Gasteiger partial charge is 0.291 e. The van der Waals surface area contributed by atoms with Crippen LogP contribution in [-0.2, 0) is 0 Å². The molecule has 2 N–H and O–H groups in total. The van der Waals surface area contributed by atoms with Gasteiger partial charge in [0.05, 0.1) is 24.1 Å². The lowest BCUT2D eigenvalue weighted by atomic mass is 10.1. The summed E-state index contributed by atoms with van der Waals surface area (Å²) in [5.41, 5.74) is 0.773. The summed E-state index contributed by atoms with van der Waals surface area (Å²) in [4.78, 5) is 24.8. The standard InChI is InChI=1S/C24H20N2O4/c27-23(20-8-3-4-9-21(20)26-24(28)22-10-5-14-30-22)25-13-15-29-19-12-11-17-6-1-2-7-18(17)16-19/h1-12,14,16H,13,15H2,(H,25,27)(H,26,28). The molecular weight excluding hydrogens is 380 g/mol. The normalized spacial score (nSPS) is 10.5. The molecule has 0 radical (unpaired) electrons. The van der Waals surface area contributed by atoms with Crippen molar-refractivity contribution in [3.63, 3.8) is 0 Å². The van der Waals surface area contributed by atoms with Crippen LogP contribution in [-0.4, -0.2) is 25.0 Å². The van der Waals surface area contributed by atoms with Crippen molar-refractivity contribution in [1.82, 2.24) is 5.32 Å². The van der Waals surface area contributed by atoms with Gasteiger partial charge in [-0.1, -0.05) is 42.5 Å². The Labute approximate surface area is 173 Å². The number of hydrogen-bond donors (Lipinski definition) is 2. The zero-order valence-corrected chi connectivity index (χ0v) is 16.1. The molecule has 2 amide bonds. The van der Waals surface area contributed by atoms with Crippen LogP contribution in [0.25, 0.3) is 10.8 Å². The Morgan fingerprint density at radius 3 is 2.47 bits per heavy atom. The number of furan rings is 1. The fourth-order valence-electron chi connectivity index (χ4n) is 3.07. The van der Waals surface area contributed by atoms with E-state index < -0.39 is 5.91 Å². The first kappa shape index (κ1) is 19.3. The molecule has 0 atom stereocenters. The molecule has 0 bridgehead atoms. The lowest BCUT2D eigenvalue weighted by Gasteiger charge is -2.11. The second kappa shape index (κ2) is 8.96. The van der Waals surface area contributed by atoms with Crippen LogP contribution in [0.4, 0.5) is 5.69 Å². The molecule has 0 unspecified atom stereocenters. The van der Waals surface area contributed by atoms with E-state index in [1.54, 1.807) is 36.4 Å². The van der Waals surface area contributed by atoms with Gasteiger partial charge in [0.15, 0.2) is 5.76 Å². The monoisotopic (exact) mass is 400 g/mol. The first-order valence-electron chi connectivity index (χ1n) is 9.54. The molecule has 4 rings (SSSR count). The molecule has 0 fully saturated rings. The lowest BCUT2D eigenvalue weighted by Crippen LogP contribution is -2.29. The quantitative estimate of drug-likeness (QED) is 0.448. The molecule has 1 aromatic heterocycles. The van der Waals surface area contributed by atoms with Crippen molar-refractivity contribution in [3.05, 3.63) is 96.4 Å². The maximum Gasteiger partial charge on any atom is 0.291 e. The van der Waals surface area contributed by atoms with E-state index in [-0.39, 0.29) is 11.7 Å². The average Bonchev–Trinajstić information content (AvgIpc) is 3.32. The van der Waals surface area contributed by atoms with Crippen molar-refractivity contribution < 1.29 is 18.7 Å². The number of amides is 2. The third-order valence-corrected chi connectivity index (χ3v) is 4.54. The van der Waals surface area contributed by atoms with Gasteiger partial charge in [-0.3, -0.25) is 9.59 Å². The van der Waals surface area contributed by atoms with Crippen molar-refractivity contribution in [2.75, 3.05) is 18.5 Å². The fraction of sp³-hybridized carbons (Fsp3) is 0.0833. The summed E-state index contributed by atoms with van der Waals surface area (Å²) in [5.74, 6) is 0.204. The van der Waals surface area contributed by atoms with Crippen LogP contribution >= 0.6 is 0 Å². The summed E-state index contributed by atoms with van der Waals surface area (Å²) >= 11 is 0. The van der Waals surface area contributed by atoms with Crippen LogP contribution in [0.5, 0.6) is 5.75 Å². The minimum atomic E-state index is -0.417. The van der Waals surface area contributed by atoms with Crippen molar-refractivity contribution in [3.8, 4) is 5.75 Å². The van der Waals surface area contributed by atoms with Crippen molar-refractivity contribution >= 4 is 28.3 Å². The van der Waals surface area contributed by atoms with Crippen LogP contribution < -0.4 is 15.4 Å². The molecule has 0 spiro atoms. The third kappa shape index (κ3) is 4.50. The summed E-state index contributed by atoms with van der Waals surface area (Å²) in [6, 6.07) is 23.9. The number of benzene rings is 3. The number of fused-ring (bicyclic) bond motifs is 1. The number of hydrogen-bond acceptors (Lipinski definition) is 4. The molecule has 150 valence electrons. The van der Waals surface area contributed by atoms with Gasteiger partial charge in [-0.2, -0.15) is 0 Å². The van der Waals surface area contributed by atoms with Crippen LogP contribution in [0.15, 0.2) is 89.5 Å². The van der Waals surface area contributed by atoms with Crippen LogP contribution in [0.1, 0.15) is 20.9 Å². The Kier molecular flexibility index (Phi) is 5.75. The second-order valence-corrected chi connectivity index (χ2v) is 6.59. The Hall–Kier alpha value is -4.06. The van der Waals surface area contributed by atoms with Gasteiger partial charge in [0.25, 0.3) is 11.8 Å². The predicted molar refractivity (Wildman–Crippen MR) is 115 cm³/mol. The van der Waals surface area contributed by atoms with Gasteiger partial charge in [0.2, 0.25) is 0 Å². The van der Waals surface area contributed by atoms with Crippen LogP contribution in [0.2, 0.25) is 0 Å². The van der Waals surface area contributed by atoms with Crippen molar-refractivity contribution in [1.29, 1.82) is 0 Å². The highest BCUT2D eigenvalue weighted by atomic mass is 16.5. The van der Waals surface area contributed by atoms with E-state index in [4.69, 9.17) is 9.15 Å². The second-order valence-electron chi connectivity index (χ2n) is 6.59. The number of rotatable bonds is 7. The van der Waals surface area contributed by atoms with E-state index in [2.05, 4.69) is 10.6 Å². The zero-order chi connectivity index (χ0) is 20.8. The molecule has 0 aliphatic rings. The SMILES string of the molecule is O=C(Nc1ccccc1C(=O)NCCOc1ccc2ccccc2c1)c1ccco1. The molecule has 4 aromatic rings. The Balaban J connectivity index is 1.33. The van der Waals surface area contributed by atoms with Crippen molar-refractivity contribution in [2.45, 2.75) is 0 Å². The zero-order valence-electron chi connectivity index (χ0n) is 16.1. The number of carbonyl (C=O) groups is 2. The van der Waals surface area contributed by atoms with Crippen LogP contribution in [0, 0.1) is 0 Å². The minimum absolute atomic E-state index is 0.175. The fourth-order valence-corrected chi connectivity index (χ4v) is 3.07. The maximum absolute atomic E-state index is 12.6. The first-order valence-corrected chi connectivity index (χ1v) is 9.54. The molecule has 6 heteroatoms. The molecule has 3 aromatic carbocycles. The molecule has 30 heavy (non-hydrogen) atoms. The number of para-hydroxylation sites is 1. The molecular formula is C24H20N2O4. The Bertz CT molecular complexity index is 1170. The number of ether oxygens (including phenoxy) is 1. The van der Waals surface area contributed by atoms with Gasteiger partial charge in [0.1, 0.15) is 12.4 Å². The number of anilines is 1. The van der Waals surface area contributed by atoms with Gasteiger partial charge in [0, 0.05) is 0 Å². The van der Waals surface area contributed by atoms with Crippen LogP contribution in [0.3, 0.4) is 0 Å². The number of nitrogens with one attached hydrogen (secondary N) is 2. The number of carbonyl (C=O) groups excluding carboxylic acids is 2. The summed E-state index contributed by atoms with van der Waals surface area (Å²) in [6.07, 6.45) is 1.42. The van der Waals surface area contributed by atoms with Gasteiger partial charge < -0.3 is 19.8 Å². The summed E-state index contributed by atoms with van der Waals surface area (Å²) in [6.45, 7) is 0.650. The molecule has 6 nitrogen and oxygen atoms in total. The highest BCUT2D eigenvalue weighted by molar-refractivity contribution is 6.07. The predicted octanol–water partition coefficient (Wildman–Crippen LogP) is 4.49. The average molecular weight is 400 g/mol. The van der Waals surface area contributed by atoms with E-state index in [1.807, 2.05) is 42.5 Å². The maximum atomic E-state index is 12.6. The molecule has 0 aliphatic carbocycles. The summed E-state index contributed by atoms with van der Waals surface area (Å²) < 4.78 is 10.8. The third-order valence-electron chi connectivity index (χ3n) is 4.54. The molecule has 1 heterocycles. The van der Waals surface area contributed by atoms with E-state index in [0.717, 1.165) is 16.5 Å². The summed E-state index contributed by atoms with van der Waals surface area (Å²) in [5, 5.41) is 7.76. The molecule has 0 saturated heterocycles. The summed E-state index contributed by atoms with van der Waals surface area (Å²) in [7, 11) is 0. The molecule has 0 saturated carbocycles. The minimum Gasteiger partial charge on any atom is -0.492 e. The topological polar surface area (TPSA) is 80.6 Å². The lowest BCUT2D eigenvalue weighted by molar-refractivity contribution is 0.0948. The van der Waals surface area contributed by atoms with Crippen molar-refractivity contribution in [2.24, 2.45) is 0 Å². The Morgan fingerprint density at radius 1 is 0.833 bits per heavy atom. The Morgan fingerprint density at radius 2 is 1.63 bits per heavy atom. The molecule has 0 aliphatic heterocycles. The van der Waals surface area contributed by atoms with Gasteiger partial charge in [-0.25, -0.2) is 0 Å². The largest absolute Gasteiger partial charge is 0.492 e. The highest BCUT2D eigenvalue weighted by Gasteiger charge is 2.15. The van der Waals surface area contributed by atoms with E-state index in [1.165, 1.54) is 6.26 Å². The van der Waals surface area contributed by atoms with E-state index in [0.29, 0.717) is 24.4 Å². The van der Waals surface area contributed by atoms with E-state index >= 15 is 0 Å².